The summed E-state index contributed by atoms with van der Waals surface area (Å²) < 4.78 is 25.1. The van der Waals surface area contributed by atoms with Crippen molar-refractivity contribution in [3.05, 3.63) is 11.6 Å². The molecule has 2 aliphatic heterocycles. The van der Waals surface area contributed by atoms with Gasteiger partial charge in [0.1, 0.15) is 54.7 Å². The molecule has 6 fully saturated rings. The van der Waals surface area contributed by atoms with Gasteiger partial charge in [-0.1, -0.05) is 115 Å². The largest absolute Gasteiger partial charge is 0.480 e. The van der Waals surface area contributed by atoms with Gasteiger partial charge < -0.3 is 75.8 Å². The quantitative estimate of drug-likeness (QED) is 0.0819. The number of rotatable bonds is 19. The Bertz CT molecular complexity index is 2470. The van der Waals surface area contributed by atoms with Crippen molar-refractivity contribution < 1.29 is 93.4 Å². The third-order valence-corrected chi connectivity index (χ3v) is 22.6. The van der Waals surface area contributed by atoms with Crippen LogP contribution in [0.25, 0.3) is 0 Å². The highest BCUT2D eigenvalue weighted by molar-refractivity contribution is 5.96. The lowest BCUT2D eigenvalue weighted by molar-refractivity contribution is -0.369. The fraction of sp³-hybridized carbons (Fsp3) is 0.850. The first-order valence-electron chi connectivity index (χ1n) is 29.9. The predicted molar refractivity (Wildman–Crippen MR) is 294 cm³/mol. The number of ketones is 1. The zero-order chi connectivity index (χ0) is 61.3. The average Bonchev–Trinajstić information content (AvgIpc) is 0.713. The van der Waals surface area contributed by atoms with Crippen LogP contribution < -0.4 is 16.0 Å². The van der Waals surface area contributed by atoms with Crippen LogP contribution in [0, 0.1) is 68.0 Å². The topological polar surface area (TPSA) is 354 Å². The second kappa shape index (κ2) is 24.0. The van der Waals surface area contributed by atoms with Crippen molar-refractivity contribution in [1.29, 1.82) is 0 Å². The second-order valence-corrected chi connectivity index (χ2v) is 27.7. The number of carboxylic acids is 3. The van der Waals surface area contributed by atoms with E-state index in [0.717, 1.165) is 24.8 Å². The van der Waals surface area contributed by atoms with Crippen LogP contribution in [0.3, 0.4) is 0 Å². The number of hydrogen-bond acceptors (Lipinski definition) is 16. The fourth-order valence-electron chi connectivity index (χ4n) is 16.2. The third kappa shape index (κ3) is 11.3. The van der Waals surface area contributed by atoms with Crippen LogP contribution in [0.2, 0.25) is 0 Å². The smallest absolute Gasteiger partial charge is 0.326 e. The van der Waals surface area contributed by atoms with Gasteiger partial charge in [0.05, 0.1) is 6.10 Å². The van der Waals surface area contributed by atoms with E-state index in [1.807, 2.05) is 40.7 Å². The van der Waals surface area contributed by atoms with E-state index in [-0.39, 0.29) is 34.9 Å². The molecular formula is C60H95N3O19. The van der Waals surface area contributed by atoms with Gasteiger partial charge in [0, 0.05) is 11.3 Å². The van der Waals surface area contributed by atoms with Crippen LogP contribution in [0.5, 0.6) is 0 Å². The molecule has 82 heavy (non-hydrogen) atoms. The van der Waals surface area contributed by atoms with Gasteiger partial charge in [-0.05, 0) is 121 Å². The summed E-state index contributed by atoms with van der Waals surface area (Å²) in [5, 5.41) is 94.8. The molecule has 464 valence electrons. The second-order valence-electron chi connectivity index (χ2n) is 27.7. The molecule has 4 saturated carbocycles. The van der Waals surface area contributed by atoms with Crippen molar-refractivity contribution >= 4 is 41.4 Å². The van der Waals surface area contributed by atoms with Gasteiger partial charge in [-0.2, -0.15) is 0 Å². The van der Waals surface area contributed by atoms with Crippen LogP contribution in [-0.2, 0) is 52.5 Å². The molecule has 2 heterocycles. The standard InChI is InChI=1S/C60H95N3O19/c1-14-27(4)35(49(72)73)61-47(70)43-39(66)38(65)42(69)52(80-43)82-45-41(68)40(67)44(48(71)62-36(50(74)75)28(5)15-2)81-53(45)79-34-18-19-58(11)33(55(34,7)8)17-20-60(13)46(58)32(64)25-30-31-26-57(10,22-21-56(31,9)23-24-59(30,60)12)54(78)63-37(51(76)77)29(6)16-3/h25,27-29,31,33-46,52-53,65-69H,14-24,26H2,1-13H3,(H,61,70)(H,62,71)(H,63,78)(H,72,73)(H,74,75)(H,76,77)/t27?,28?,29?,31-,33?,34-,35-,36-,37+,38?,39?,40?,41?,42?,43?,44?,45?,46-,52?,53?,56-,57+,58+,59-,60-/m1/s1. The Labute approximate surface area is 481 Å². The summed E-state index contributed by atoms with van der Waals surface area (Å²) in [4.78, 5) is 94.2. The van der Waals surface area contributed by atoms with Crippen molar-refractivity contribution in [2.45, 2.75) is 253 Å². The van der Waals surface area contributed by atoms with Gasteiger partial charge in [-0.15, -0.1) is 0 Å². The zero-order valence-corrected chi connectivity index (χ0v) is 50.2. The molecule has 5 aliphatic carbocycles. The molecule has 22 heteroatoms. The highest BCUT2D eigenvalue weighted by Gasteiger charge is 2.71. The Balaban J connectivity index is 1.19. The molecule has 0 aromatic carbocycles. The maximum atomic E-state index is 15.4. The summed E-state index contributed by atoms with van der Waals surface area (Å²) in [7, 11) is 0. The molecule has 14 unspecified atom stereocenters. The Morgan fingerprint density at radius 2 is 1.10 bits per heavy atom. The van der Waals surface area contributed by atoms with E-state index in [9.17, 15) is 69.6 Å². The molecule has 22 nitrogen and oxygen atoms in total. The molecular weight excluding hydrogens is 1070 g/mol. The first kappa shape index (κ1) is 65.4. The van der Waals surface area contributed by atoms with E-state index in [4.69, 9.17) is 18.9 Å². The molecule has 0 spiro atoms. The lowest BCUT2D eigenvalue weighted by atomic mass is 9.33. The van der Waals surface area contributed by atoms with E-state index in [1.54, 1.807) is 27.7 Å². The summed E-state index contributed by atoms with van der Waals surface area (Å²) in [6, 6.07) is -3.90. The number of carboxylic acid groups (broad SMARTS) is 3. The molecule has 25 atom stereocenters. The van der Waals surface area contributed by atoms with Crippen molar-refractivity contribution in [2.24, 2.45) is 68.0 Å². The van der Waals surface area contributed by atoms with Gasteiger partial charge in [0.2, 0.25) is 5.91 Å². The summed E-state index contributed by atoms with van der Waals surface area (Å²) in [6.45, 7) is 25.2. The molecule has 7 rings (SSSR count). The number of carbonyl (C=O) groups is 7. The van der Waals surface area contributed by atoms with E-state index in [2.05, 4.69) is 43.6 Å². The third-order valence-electron chi connectivity index (χ3n) is 22.6. The normalized spacial score (nSPS) is 42.8. The van der Waals surface area contributed by atoms with Gasteiger partial charge in [0.15, 0.2) is 30.6 Å². The first-order valence-corrected chi connectivity index (χ1v) is 29.9. The maximum Gasteiger partial charge on any atom is 0.326 e. The van der Waals surface area contributed by atoms with Gasteiger partial charge >= 0.3 is 17.9 Å². The highest BCUT2D eigenvalue weighted by atomic mass is 16.8. The maximum absolute atomic E-state index is 15.4. The average molecular weight is 1160 g/mol. The lowest BCUT2D eigenvalue weighted by Gasteiger charge is -2.70. The zero-order valence-electron chi connectivity index (χ0n) is 50.2. The number of allylic oxidation sites excluding steroid dienone is 2. The molecule has 2 saturated heterocycles. The minimum absolute atomic E-state index is 0.0109. The first-order chi connectivity index (χ1) is 38.0. The summed E-state index contributed by atoms with van der Waals surface area (Å²) >= 11 is 0. The summed E-state index contributed by atoms with van der Waals surface area (Å²) in [5.41, 5.74) is -2.41. The minimum atomic E-state index is -2.14. The van der Waals surface area contributed by atoms with Gasteiger partial charge in [-0.25, -0.2) is 14.4 Å². The number of aliphatic hydroxyl groups excluding tert-OH is 5. The van der Waals surface area contributed by atoms with Crippen LogP contribution >= 0.6 is 0 Å². The summed E-state index contributed by atoms with van der Waals surface area (Å²) in [5.74, 6) is -8.54. The molecule has 0 aromatic rings. The molecule has 0 aromatic heterocycles. The minimum Gasteiger partial charge on any atom is -0.480 e. The molecule has 0 bridgehead atoms. The van der Waals surface area contributed by atoms with Gasteiger partial charge in [0.25, 0.3) is 11.8 Å². The van der Waals surface area contributed by atoms with Crippen LogP contribution in [0.4, 0.5) is 0 Å². The predicted octanol–water partition coefficient (Wildman–Crippen LogP) is 3.84. The Morgan fingerprint density at radius 1 is 0.610 bits per heavy atom. The molecule has 3 amide bonds. The fourth-order valence-corrected chi connectivity index (χ4v) is 16.2. The number of aliphatic hydroxyl groups is 5. The Kier molecular flexibility index (Phi) is 19.1. The lowest BCUT2D eigenvalue weighted by Crippen LogP contribution is -2.69. The van der Waals surface area contributed by atoms with E-state index >= 15 is 4.79 Å². The van der Waals surface area contributed by atoms with Crippen LogP contribution in [-0.4, -0.2) is 168 Å². The van der Waals surface area contributed by atoms with Crippen molar-refractivity contribution in [1.82, 2.24) is 16.0 Å². The van der Waals surface area contributed by atoms with Crippen molar-refractivity contribution in [3.63, 3.8) is 0 Å². The van der Waals surface area contributed by atoms with Gasteiger partial charge in [-0.3, -0.25) is 19.2 Å². The van der Waals surface area contributed by atoms with Crippen LogP contribution in [0.1, 0.15) is 167 Å². The number of carbonyl (C=O) groups excluding carboxylic acids is 4. The highest BCUT2D eigenvalue weighted by Crippen LogP contribution is 2.75. The van der Waals surface area contributed by atoms with Crippen molar-refractivity contribution in [3.8, 4) is 0 Å². The Morgan fingerprint density at radius 3 is 1.61 bits per heavy atom. The number of ether oxygens (including phenoxy) is 4. The van der Waals surface area contributed by atoms with E-state index < -0.39 is 160 Å². The Hall–Kier alpha value is -4.13. The summed E-state index contributed by atoms with van der Waals surface area (Å²) in [6.07, 6.45) is -12.5. The SMILES string of the molecule is CCC(C)[C@H](NC(=O)[C@@]1(C)CC[C@]2(C)CC[C@]3(C)C(=CC(=O)[C@@H]4[C@@]5(C)CC[C@@H](OC6OC(C(=O)N[C@@H](C(=O)O)C(C)CC)C(O)C(O)C6OC6OC(C(=O)N[C@@H](C(=O)O)C(C)CC)C(O)C(O)C6O)C(C)(C)C5CC[C@]43C)[C@H]2C1)C(=O)O. The number of hydrogen-bond donors (Lipinski definition) is 11. The van der Waals surface area contributed by atoms with E-state index in [0.29, 0.717) is 57.8 Å². The number of fused-ring (bicyclic) bond motifs is 7. The van der Waals surface area contributed by atoms with E-state index in [1.165, 1.54) is 0 Å². The monoisotopic (exact) mass is 1160 g/mol. The van der Waals surface area contributed by atoms with Crippen molar-refractivity contribution in [2.75, 3.05) is 0 Å². The van der Waals surface area contributed by atoms with Crippen LogP contribution in [0.15, 0.2) is 11.6 Å². The number of amides is 3. The number of aliphatic carboxylic acids is 3. The molecule has 11 N–H and O–H groups in total. The molecule has 7 aliphatic rings. The number of nitrogens with one attached hydrogen (secondary N) is 3. The molecule has 0 radical (unpaired) electrons.